The van der Waals surface area contributed by atoms with E-state index in [1.54, 1.807) is 72.5 Å². The summed E-state index contributed by atoms with van der Waals surface area (Å²) in [5.74, 6) is 1.37. The fourth-order valence-corrected chi connectivity index (χ4v) is 5.77. The zero-order chi connectivity index (χ0) is 40.7. The van der Waals surface area contributed by atoms with Crippen molar-refractivity contribution in [1.82, 2.24) is 19.1 Å². The van der Waals surface area contributed by atoms with Gasteiger partial charge in [0.2, 0.25) is 11.7 Å². The molecule has 7 rings (SSSR count). The Morgan fingerprint density at radius 3 is 1.72 bits per heavy atom. The number of aryl methyl sites for hydroxylation is 4. The second-order valence-corrected chi connectivity index (χ2v) is 13.6. The fourth-order valence-electron chi connectivity index (χ4n) is 5.28. The number of hydrogen-bond acceptors (Lipinski definition) is 9. The van der Waals surface area contributed by atoms with Crippen molar-refractivity contribution in [1.29, 1.82) is 10.5 Å². The molecule has 0 atom stereocenters. The highest BCUT2D eigenvalue weighted by molar-refractivity contribution is 9.10. The third-order valence-corrected chi connectivity index (χ3v) is 8.61. The minimum atomic E-state index is -0.272. The van der Waals surface area contributed by atoms with E-state index >= 15 is 0 Å². The molecule has 0 amide bonds. The molecule has 2 heterocycles. The predicted octanol–water partition coefficient (Wildman–Crippen LogP) is 9.47. The molecule has 0 bridgehead atoms. The average Bonchev–Trinajstić information content (AvgIpc) is 3.21. The lowest BCUT2D eigenvalue weighted by Gasteiger charge is -2.14. The minimum Gasteiger partial charge on any atom is -0.437 e. The van der Waals surface area contributed by atoms with Gasteiger partial charge in [-0.15, -0.1) is 0 Å². The molecule has 7 aromatic rings. The van der Waals surface area contributed by atoms with Gasteiger partial charge in [0, 0.05) is 24.6 Å². The van der Waals surface area contributed by atoms with Gasteiger partial charge in [-0.05, 0) is 102 Å². The van der Waals surface area contributed by atoms with E-state index in [0.29, 0.717) is 45.3 Å². The highest BCUT2D eigenvalue weighted by Gasteiger charge is 2.13. The number of nitrogens with zero attached hydrogens (tertiary/aromatic N) is 6. The summed E-state index contributed by atoms with van der Waals surface area (Å²) in [4.78, 5) is 33.5. The molecule has 0 fully saturated rings. The first-order chi connectivity index (χ1) is 27.5. The lowest BCUT2D eigenvalue weighted by atomic mass is 10.1. The Balaban J connectivity index is 0.000000206. The van der Waals surface area contributed by atoms with Crippen molar-refractivity contribution in [3.63, 3.8) is 0 Å². The molecule has 57 heavy (non-hydrogen) atoms. The molecule has 0 aliphatic rings. The first-order valence-corrected chi connectivity index (χ1v) is 18.5. The normalized spacial score (nSPS) is 10.0. The summed E-state index contributed by atoms with van der Waals surface area (Å²) in [6.07, 6.45) is 3.21. The molecule has 0 radical (unpaired) electrons. The van der Waals surface area contributed by atoms with Crippen LogP contribution in [-0.4, -0.2) is 19.1 Å². The number of aromatic nitrogens is 4. The van der Waals surface area contributed by atoms with Crippen LogP contribution in [0.25, 0.3) is 0 Å². The highest BCUT2D eigenvalue weighted by atomic mass is 79.9. The van der Waals surface area contributed by atoms with E-state index in [-0.39, 0.29) is 22.8 Å². The van der Waals surface area contributed by atoms with Gasteiger partial charge in [-0.25, -0.2) is 4.98 Å². The molecule has 0 aliphatic heterocycles. The first-order valence-electron chi connectivity index (χ1n) is 17.7. The Morgan fingerprint density at radius 2 is 1.21 bits per heavy atom. The van der Waals surface area contributed by atoms with Crippen LogP contribution in [0.5, 0.6) is 11.6 Å². The maximum absolute atomic E-state index is 13.1. The Morgan fingerprint density at radius 1 is 0.667 bits per heavy atom. The average molecular weight is 820 g/mol. The van der Waals surface area contributed by atoms with Crippen molar-refractivity contribution < 1.29 is 4.74 Å². The van der Waals surface area contributed by atoms with E-state index < -0.39 is 0 Å². The van der Waals surface area contributed by atoms with Crippen molar-refractivity contribution >= 4 is 38.9 Å². The number of hydrogen-bond donors (Lipinski definition) is 2. The monoisotopic (exact) mass is 818 g/mol. The maximum atomic E-state index is 13.1. The van der Waals surface area contributed by atoms with E-state index in [2.05, 4.69) is 61.7 Å². The number of rotatable bonds is 8. The molecule has 0 aliphatic carbocycles. The van der Waals surface area contributed by atoms with Crippen LogP contribution in [-0.2, 0) is 13.6 Å². The van der Waals surface area contributed by atoms with Crippen molar-refractivity contribution in [2.75, 3.05) is 10.6 Å². The van der Waals surface area contributed by atoms with E-state index in [0.717, 1.165) is 16.7 Å². The molecule has 5 aromatic carbocycles. The molecular formula is C45H39BrN8O3. The van der Waals surface area contributed by atoms with Crippen molar-refractivity contribution in [2.24, 2.45) is 7.05 Å². The predicted molar refractivity (Wildman–Crippen MR) is 227 cm³/mol. The van der Waals surface area contributed by atoms with Crippen LogP contribution in [0.15, 0.2) is 154 Å². The van der Waals surface area contributed by atoms with E-state index in [1.807, 2.05) is 86.6 Å². The maximum Gasteiger partial charge on any atom is 0.294 e. The Labute approximate surface area is 339 Å². The number of ether oxygens (including phenoxy) is 1. The number of nitrogens with one attached hydrogen (secondary N) is 2. The Bertz CT molecular complexity index is 2630. The summed E-state index contributed by atoms with van der Waals surface area (Å²) in [5, 5.41) is 23.7. The van der Waals surface area contributed by atoms with Crippen LogP contribution >= 0.6 is 15.9 Å². The van der Waals surface area contributed by atoms with Crippen LogP contribution in [0, 0.1) is 43.4 Å². The van der Waals surface area contributed by atoms with Gasteiger partial charge in [0.05, 0.1) is 36.0 Å². The Hall–Kier alpha value is -7.28. The van der Waals surface area contributed by atoms with Crippen LogP contribution in [0.1, 0.15) is 33.4 Å². The fraction of sp³-hybridized carbons (Fsp3) is 0.111. The zero-order valence-electron chi connectivity index (χ0n) is 31.8. The van der Waals surface area contributed by atoms with Gasteiger partial charge in [-0.3, -0.25) is 9.59 Å². The molecule has 2 aromatic heterocycles. The highest BCUT2D eigenvalue weighted by Crippen LogP contribution is 2.25. The molecule has 0 spiro atoms. The minimum absolute atomic E-state index is 0.146. The second kappa shape index (κ2) is 19.9. The topological polar surface area (TPSA) is 151 Å². The lowest BCUT2D eigenvalue weighted by Crippen LogP contribution is -2.24. The molecule has 0 unspecified atom stereocenters. The van der Waals surface area contributed by atoms with Crippen LogP contribution in [0.2, 0.25) is 0 Å². The van der Waals surface area contributed by atoms with Crippen LogP contribution in [0.4, 0.5) is 23.0 Å². The summed E-state index contributed by atoms with van der Waals surface area (Å²) >= 11 is 3.23. The second-order valence-electron chi connectivity index (χ2n) is 12.8. The number of anilines is 4. The molecule has 11 nitrogen and oxygen atoms in total. The van der Waals surface area contributed by atoms with Crippen LogP contribution < -0.4 is 26.5 Å². The van der Waals surface area contributed by atoms with Gasteiger partial charge in [-0.2, -0.15) is 15.5 Å². The van der Waals surface area contributed by atoms with Gasteiger partial charge >= 0.3 is 0 Å². The molecule has 12 heteroatoms. The molecule has 284 valence electrons. The van der Waals surface area contributed by atoms with Gasteiger partial charge in [0.15, 0.2) is 5.82 Å². The SMILES string of the molecule is Cc1ccc(Oc2cn(Cc3ccccc3)c(=O)c(Nc3ccc(C#N)cc3)n2)c(C)c1.Cc1ccccc1.Cn1cc(Br)nc(Nc2ccc(C#N)cc2)c1=O. The summed E-state index contributed by atoms with van der Waals surface area (Å²) in [6.45, 7) is 6.46. The van der Waals surface area contributed by atoms with Gasteiger partial charge in [0.25, 0.3) is 11.1 Å². The summed E-state index contributed by atoms with van der Waals surface area (Å²) in [6, 6.07) is 43.6. The first kappa shape index (κ1) is 40.9. The van der Waals surface area contributed by atoms with E-state index in [9.17, 15) is 9.59 Å². The van der Waals surface area contributed by atoms with Gasteiger partial charge < -0.3 is 24.5 Å². The third-order valence-electron chi connectivity index (χ3n) is 8.23. The molecular weight excluding hydrogens is 780 g/mol. The molecule has 0 saturated heterocycles. The summed E-state index contributed by atoms with van der Waals surface area (Å²) in [5.41, 5.74) is 6.40. The number of halogens is 1. The Kier molecular flexibility index (Phi) is 14.3. The third kappa shape index (κ3) is 12.1. The number of nitriles is 2. The zero-order valence-corrected chi connectivity index (χ0v) is 33.4. The van der Waals surface area contributed by atoms with Crippen molar-refractivity contribution in [3.05, 3.63) is 198 Å². The summed E-state index contributed by atoms with van der Waals surface area (Å²) < 4.78 is 9.64. The summed E-state index contributed by atoms with van der Waals surface area (Å²) in [7, 11) is 1.65. The van der Waals surface area contributed by atoms with Crippen molar-refractivity contribution in [3.8, 4) is 23.8 Å². The van der Waals surface area contributed by atoms with E-state index in [1.165, 1.54) is 10.1 Å². The largest absolute Gasteiger partial charge is 0.437 e. The molecule has 2 N–H and O–H groups in total. The lowest BCUT2D eigenvalue weighted by molar-refractivity contribution is 0.451. The van der Waals surface area contributed by atoms with Gasteiger partial charge in [-0.1, -0.05) is 83.9 Å². The standard InChI is InChI=1S/C26H22N4O2.C12H9BrN4O.C7H8/c1-18-8-13-23(19(2)14-18)32-24-17-30(16-21-6-4-3-5-7-21)26(31)25(29-24)28-22-11-9-20(15-27)10-12-22;1-17-7-10(13)16-11(12(17)18)15-9-4-2-8(6-14)3-5-9;1-7-5-3-2-4-6-7/h3-14,17H,16H2,1-2H3,(H,28,29);2-5,7H,1H3,(H,15,16);2-6H,1H3. The molecule has 0 saturated carbocycles. The number of benzene rings is 5. The van der Waals surface area contributed by atoms with E-state index in [4.69, 9.17) is 15.3 Å². The smallest absolute Gasteiger partial charge is 0.294 e. The quantitative estimate of drug-likeness (QED) is 0.153. The van der Waals surface area contributed by atoms with Crippen LogP contribution in [0.3, 0.4) is 0 Å². The van der Waals surface area contributed by atoms with Crippen molar-refractivity contribution in [2.45, 2.75) is 27.3 Å². The van der Waals surface area contributed by atoms with Gasteiger partial charge in [0.1, 0.15) is 10.4 Å².